The van der Waals surface area contributed by atoms with Crippen molar-refractivity contribution in [2.45, 2.75) is 50.5 Å². The third-order valence-electron chi connectivity index (χ3n) is 5.86. The number of methoxy groups -OCH3 is 1. The Morgan fingerprint density at radius 2 is 1.82 bits per heavy atom. The van der Waals surface area contributed by atoms with E-state index in [4.69, 9.17) is 9.72 Å². The average molecular weight is 474 g/mol. The lowest BCUT2D eigenvalue weighted by atomic mass is 10.1. The van der Waals surface area contributed by atoms with Crippen molar-refractivity contribution in [3.8, 4) is 5.75 Å². The molecule has 0 atom stereocenters. The van der Waals surface area contributed by atoms with Gasteiger partial charge in [0.2, 0.25) is 10.0 Å². The number of carbonyl (C=O) groups is 1. The molecule has 1 saturated heterocycles. The second-order valence-corrected chi connectivity index (χ2v) is 10.6. The van der Waals surface area contributed by atoms with Gasteiger partial charge in [0.15, 0.2) is 0 Å². The Morgan fingerprint density at radius 1 is 1.12 bits per heavy atom. The molecule has 0 bridgehead atoms. The van der Waals surface area contributed by atoms with Gasteiger partial charge in [-0.1, -0.05) is 13.8 Å². The summed E-state index contributed by atoms with van der Waals surface area (Å²) in [7, 11) is -2.33. The second kappa shape index (κ2) is 9.26. The Bertz CT molecular complexity index is 1140. The molecule has 33 heavy (non-hydrogen) atoms. The molecule has 4 rings (SSSR count). The van der Waals surface area contributed by atoms with E-state index >= 15 is 0 Å². The van der Waals surface area contributed by atoms with Crippen molar-refractivity contribution in [2.24, 2.45) is 0 Å². The monoisotopic (exact) mass is 473 g/mol. The molecule has 0 unspecified atom stereocenters. The fourth-order valence-corrected chi connectivity index (χ4v) is 5.32. The summed E-state index contributed by atoms with van der Waals surface area (Å²) >= 11 is 0. The van der Waals surface area contributed by atoms with E-state index in [0.29, 0.717) is 31.7 Å². The van der Waals surface area contributed by atoms with Crippen molar-refractivity contribution in [3.05, 3.63) is 41.3 Å². The fourth-order valence-electron chi connectivity index (χ4n) is 3.82. The third-order valence-corrected chi connectivity index (χ3v) is 7.41. The van der Waals surface area contributed by atoms with E-state index in [9.17, 15) is 13.2 Å². The normalized spacial score (nSPS) is 16.9. The molecule has 1 aromatic carbocycles. The van der Waals surface area contributed by atoms with E-state index in [1.54, 1.807) is 17.0 Å². The van der Waals surface area contributed by atoms with Crippen LogP contribution in [0.3, 0.4) is 0 Å². The summed E-state index contributed by atoms with van der Waals surface area (Å²) < 4.78 is 33.5. The molecule has 0 radical (unpaired) electrons. The van der Waals surface area contributed by atoms with Gasteiger partial charge in [0, 0.05) is 55.5 Å². The minimum absolute atomic E-state index is 0.000869. The first-order valence-electron chi connectivity index (χ1n) is 11.3. The molecular formula is C23H31N5O4S. The number of ether oxygens (including phenoxy) is 1. The van der Waals surface area contributed by atoms with Gasteiger partial charge in [0.05, 0.1) is 7.11 Å². The highest BCUT2D eigenvalue weighted by molar-refractivity contribution is 7.89. The van der Waals surface area contributed by atoms with Crippen LogP contribution in [0.2, 0.25) is 0 Å². The molecular weight excluding hydrogens is 442 g/mol. The summed E-state index contributed by atoms with van der Waals surface area (Å²) in [5, 5.41) is 0. The molecule has 178 valence electrons. The summed E-state index contributed by atoms with van der Waals surface area (Å²) in [6.07, 6.45) is 1.66. The first kappa shape index (κ1) is 23.4. The molecule has 1 N–H and O–H groups in total. The lowest BCUT2D eigenvalue weighted by Crippen LogP contribution is -2.49. The van der Waals surface area contributed by atoms with Crippen LogP contribution < -0.4 is 14.4 Å². The largest absolute Gasteiger partial charge is 0.495 e. The summed E-state index contributed by atoms with van der Waals surface area (Å²) in [6, 6.07) is 6.51. The van der Waals surface area contributed by atoms with Crippen molar-refractivity contribution < 1.29 is 17.9 Å². The van der Waals surface area contributed by atoms with Crippen molar-refractivity contribution >= 4 is 21.7 Å². The number of rotatable bonds is 7. The number of anilines is 1. The van der Waals surface area contributed by atoms with E-state index in [2.05, 4.69) is 28.5 Å². The predicted octanol–water partition coefficient (Wildman–Crippen LogP) is 2.32. The molecule has 1 aliphatic heterocycles. The maximum absolute atomic E-state index is 13.2. The average Bonchev–Trinajstić information content (AvgIpc) is 3.61. The van der Waals surface area contributed by atoms with Crippen LogP contribution in [0, 0.1) is 6.92 Å². The maximum atomic E-state index is 13.2. The molecule has 2 heterocycles. The topological polar surface area (TPSA) is 105 Å². The summed E-state index contributed by atoms with van der Waals surface area (Å²) in [5.41, 5.74) is 1.26. The Balaban J connectivity index is 1.48. The summed E-state index contributed by atoms with van der Waals surface area (Å²) in [6.45, 7) is 8.43. The summed E-state index contributed by atoms with van der Waals surface area (Å²) in [4.78, 5) is 26.3. The zero-order valence-electron chi connectivity index (χ0n) is 19.5. The van der Waals surface area contributed by atoms with Gasteiger partial charge in [0.25, 0.3) is 5.91 Å². The van der Waals surface area contributed by atoms with Gasteiger partial charge >= 0.3 is 0 Å². The first-order chi connectivity index (χ1) is 15.7. The first-order valence-corrected chi connectivity index (χ1v) is 12.8. The number of hydrogen-bond acceptors (Lipinski definition) is 7. The van der Waals surface area contributed by atoms with Crippen LogP contribution in [0.15, 0.2) is 29.2 Å². The molecule has 10 heteroatoms. The molecule has 1 saturated carbocycles. The van der Waals surface area contributed by atoms with E-state index < -0.39 is 10.0 Å². The van der Waals surface area contributed by atoms with Crippen LogP contribution in [0.1, 0.15) is 54.5 Å². The minimum Gasteiger partial charge on any atom is -0.495 e. The van der Waals surface area contributed by atoms with Gasteiger partial charge in [-0.25, -0.2) is 23.1 Å². The molecule has 2 aromatic rings. The van der Waals surface area contributed by atoms with Gasteiger partial charge in [-0.15, -0.1) is 0 Å². The number of aromatic nitrogens is 2. The van der Waals surface area contributed by atoms with Crippen molar-refractivity contribution in [3.63, 3.8) is 0 Å². The van der Waals surface area contributed by atoms with Crippen molar-refractivity contribution in [1.29, 1.82) is 0 Å². The SMILES string of the molecule is COc1ccc(C(=O)N2CCN(c3cc(C)nc(C(C)C)n3)CC2)cc1S(=O)(=O)NC1CC1. The number of sulfonamides is 1. The Kier molecular flexibility index (Phi) is 6.58. The number of hydrogen-bond donors (Lipinski definition) is 1. The van der Waals surface area contributed by atoms with Crippen LogP contribution in [-0.4, -0.2) is 68.5 Å². The van der Waals surface area contributed by atoms with E-state index in [1.807, 2.05) is 13.0 Å². The molecule has 1 amide bonds. The molecule has 2 aliphatic rings. The lowest BCUT2D eigenvalue weighted by molar-refractivity contribution is 0.0746. The smallest absolute Gasteiger partial charge is 0.254 e. The second-order valence-electron chi connectivity index (χ2n) is 8.92. The molecule has 1 aliphatic carbocycles. The van der Waals surface area contributed by atoms with Gasteiger partial charge in [0.1, 0.15) is 22.3 Å². The molecule has 0 spiro atoms. The van der Waals surface area contributed by atoms with Gasteiger partial charge in [-0.3, -0.25) is 4.79 Å². The Labute approximate surface area is 195 Å². The number of nitrogens with zero attached hydrogens (tertiary/aromatic N) is 4. The highest BCUT2D eigenvalue weighted by Crippen LogP contribution is 2.29. The number of benzene rings is 1. The zero-order valence-corrected chi connectivity index (χ0v) is 20.4. The van der Waals surface area contributed by atoms with E-state index in [1.165, 1.54) is 13.2 Å². The van der Waals surface area contributed by atoms with Gasteiger partial charge in [-0.05, 0) is 38.0 Å². The lowest BCUT2D eigenvalue weighted by Gasteiger charge is -2.35. The number of aryl methyl sites for hydroxylation is 1. The van der Waals surface area contributed by atoms with Crippen LogP contribution in [0.4, 0.5) is 5.82 Å². The zero-order chi connectivity index (χ0) is 23.8. The van der Waals surface area contributed by atoms with Gasteiger partial charge in [-0.2, -0.15) is 0 Å². The van der Waals surface area contributed by atoms with Crippen LogP contribution in [-0.2, 0) is 10.0 Å². The molecule has 1 aromatic heterocycles. The highest BCUT2D eigenvalue weighted by Gasteiger charge is 2.31. The fraction of sp³-hybridized carbons (Fsp3) is 0.522. The molecule has 9 nitrogen and oxygen atoms in total. The molecule has 2 fully saturated rings. The van der Waals surface area contributed by atoms with Crippen molar-refractivity contribution in [1.82, 2.24) is 19.6 Å². The van der Waals surface area contributed by atoms with Crippen LogP contribution in [0.5, 0.6) is 5.75 Å². The predicted molar refractivity (Wildman–Crippen MR) is 125 cm³/mol. The number of nitrogens with one attached hydrogen (secondary N) is 1. The van der Waals surface area contributed by atoms with Gasteiger partial charge < -0.3 is 14.5 Å². The third kappa shape index (κ3) is 5.27. The maximum Gasteiger partial charge on any atom is 0.254 e. The van der Waals surface area contributed by atoms with E-state index in [0.717, 1.165) is 30.2 Å². The van der Waals surface area contributed by atoms with Crippen LogP contribution in [0.25, 0.3) is 0 Å². The quantitative estimate of drug-likeness (QED) is 0.658. The Morgan fingerprint density at radius 3 is 2.42 bits per heavy atom. The standard InChI is InChI=1S/C23H31N5O4S/c1-15(2)22-24-16(3)13-21(25-22)27-9-11-28(12-10-27)23(29)17-5-8-19(32-4)20(14-17)33(30,31)26-18-6-7-18/h5,8,13-15,18,26H,6-7,9-12H2,1-4H3. The number of carbonyl (C=O) groups excluding carboxylic acids is 1. The van der Waals surface area contributed by atoms with Crippen molar-refractivity contribution in [2.75, 3.05) is 38.2 Å². The van der Waals surface area contributed by atoms with Crippen LogP contribution >= 0.6 is 0 Å². The number of piperazine rings is 1. The summed E-state index contributed by atoms with van der Waals surface area (Å²) in [5.74, 6) is 1.96. The Hall–Kier alpha value is -2.72. The minimum atomic E-state index is -3.75. The number of amides is 1. The van der Waals surface area contributed by atoms with E-state index in [-0.39, 0.29) is 28.5 Å². The highest BCUT2D eigenvalue weighted by atomic mass is 32.2.